The van der Waals surface area contributed by atoms with Crippen LogP contribution in [0.5, 0.6) is 0 Å². The second-order valence-electron chi connectivity index (χ2n) is 5.95. The minimum absolute atomic E-state index is 0.771. The molecule has 9 nitrogen and oxygen atoms in total. The van der Waals surface area contributed by atoms with Crippen LogP contribution in [0, 0.1) is 0 Å². The number of rotatable bonds is 3. The largest absolute Gasteiger partial charge is 0.361 e. The number of aromatic nitrogens is 6. The molecule has 1 saturated heterocycles. The smallest absolute Gasteiger partial charge is 0.160 e. The highest BCUT2D eigenvalue weighted by molar-refractivity contribution is 5.86. The number of hydrogen-bond acceptors (Lipinski definition) is 8. The van der Waals surface area contributed by atoms with E-state index < -0.39 is 0 Å². The van der Waals surface area contributed by atoms with Gasteiger partial charge in [-0.3, -0.25) is 5.10 Å². The number of anilines is 3. The Hall–Kier alpha value is -2.97. The van der Waals surface area contributed by atoms with E-state index in [0.29, 0.717) is 0 Å². The van der Waals surface area contributed by atoms with Gasteiger partial charge < -0.3 is 14.7 Å². The van der Waals surface area contributed by atoms with Crippen molar-refractivity contribution in [1.82, 2.24) is 30.4 Å². The second-order valence-corrected chi connectivity index (χ2v) is 5.95. The number of fused-ring (bicyclic) bond motifs is 1. The molecule has 0 bridgehead atoms. The minimum atomic E-state index is 0.771. The summed E-state index contributed by atoms with van der Waals surface area (Å²) in [7, 11) is 3.92. The number of nitrogens with zero attached hydrogens (tertiary/aromatic N) is 8. The minimum Gasteiger partial charge on any atom is -0.361 e. The number of hydrogen-bond donors (Lipinski definition) is 1. The maximum Gasteiger partial charge on any atom is 0.160 e. The third-order valence-corrected chi connectivity index (χ3v) is 4.22. The van der Waals surface area contributed by atoms with Gasteiger partial charge in [0.1, 0.15) is 12.1 Å². The van der Waals surface area contributed by atoms with E-state index in [1.165, 1.54) is 0 Å². The van der Waals surface area contributed by atoms with Crippen molar-refractivity contribution in [2.45, 2.75) is 0 Å². The fourth-order valence-corrected chi connectivity index (χ4v) is 2.88. The average molecular weight is 325 g/mol. The van der Waals surface area contributed by atoms with Crippen molar-refractivity contribution in [1.29, 1.82) is 0 Å². The Morgan fingerprint density at radius 3 is 2.50 bits per heavy atom. The van der Waals surface area contributed by atoms with Crippen LogP contribution < -0.4 is 14.7 Å². The maximum atomic E-state index is 4.43. The molecule has 0 saturated carbocycles. The van der Waals surface area contributed by atoms with Crippen LogP contribution in [0.25, 0.3) is 11.0 Å². The number of H-pyrrole nitrogens is 1. The summed E-state index contributed by atoms with van der Waals surface area (Å²) in [5, 5.41) is 16.5. The third-order valence-electron chi connectivity index (χ3n) is 4.22. The summed E-state index contributed by atoms with van der Waals surface area (Å²) in [4.78, 5) is 15.1. The molecule has 0 aliphatic carbocycles. The lowest BCUT2D eigenvalue weighted by molar-refractivity contribution is 0.639. The summed E-state index contributed by atoms with van der Waals surface area (Å²) in [6.07, 6.45) is 3.36. The van der Waals surface area contributed by atoms with Crippen LogP contribution in [-0.2, 0) is 0 Å². The normalized spacial score (nSPS) is 15.1. The first-order valence-electron chi connectivity index (χ1n) is 7.87. The lowest BCUT2D eigenvalue weighted by Gasteiger charge is -2.35. The lowest BCUT2D eigenvalue weighted by Crippen LogP contribution is -2.47. The highest BCUT2D eigenvalue weighted by Gasteiger charge is 2.21. The molecule has 3 aromatic heterocycles. The second kappa shape index (κ2) is 5.91. The molecule has 9 heteroatoms. The van der Waals surface area contributed by atoms with E-state index in [9.17, 15) is 0 Å². The average Bonchev–Trinajstić information content (AvgIpc) is 3.11. The van der Waals surface area contributed by atoms with Gasteiger partial charge in [0.25, 0.3) is 0 Å². The molecule has 0 atom stereocenters. The van der Waals surface area contributed by atoms with Gasteiger partial charge in [-0.25, -0.2) is 9.97 Å². The fraction of sp³-hybridized carbons (Fsp3) is 0.400. The van der Waals surface area contributed by atoms with Crippen molar-refractivity contribution in [3.63, 3.8) is 0 Å². The van der Waals surface area contributed by atoms with Crippen LogP contribution >= 0.6 is 0 Å². The molecule has 1 N–H and O–H groups in total. The number of aromatic amines is 1. The molecule has 0 unspecified atom stereocenters. The number of nitrogens with one attached hydrogen (secondary N) is 1. The monoisotopic (exact) mass is 325 g/mol. The first-order chi connectivity index (χ1) is 11.7. The number of piperazine rings is 1. The van der Waals surface area contributed by atoms with E-state index in [4.69, 9.17) is 0 Å². The Morgan fingerprint density at radius 2 is 1.79 bits per heavy atom. The Kier molecular flexibility index (Phi) is 3.60. The van der Waals surface area contributed by atoms with Crippen molar-refractivity contribution >= 4 is 28.5 Å². The third kappa shape index (κ3) is 2.57. The van der Waals surface area contributed by atoms with Crippen molar-refractivity contribution < 1.29 is 0 Å². The zero-order valence-corrected chi connectivity index (χ0v) is 13.7. The van der Waals surface area contributed by atoms with E-state index in [2.05, 4.69) is 40.2 Å². The Balaban J connectivity index is 1.47. The summed E-state index contributed by atoms with van der Waals surface area (Å²) in [5.41, 5.74) is 0.771. The first-order valence-corrected chi connectivity index (χ1v) is 7.87. The van der Waals surface area contributed by atoms with E-state index in [-0.39, 0.29) is 0 Å². The van der Waals surface area contributed by atoms with Crippen LogP contribution in [-0.4, -0.2) is 70.6 Å². The molecular weight excluding hydrogens is 306 g/mol. The molecule has 0 aromatic carbocycles. The summed E-state index contributed by atoms with van der Waals surface area (Å²) >= 11 is 0. The summed E-state index contributed by atoms with van der Waals surface area (Å²) < 4.78 is 0. The van der Waals surface area contributed by atoms with Crippen molar-refractivity contribution in [2.75, 3.05) is 55.0 Å². The molecule has 0 radical (unpaired) electrons. The van der Waals surface area contributed by atoms with Gasteiger partial charge in [0.05, 0.1) is 11.6 Å². The molecular formula is C15H19N9. The molecule has 1 aliphatic rings. The van der Waals surface area contributed by atoms with E-state index >= 15 is 0 Å². The van der Waals surface area contributed by atoms with Crippen LogP contribution in [0.4, 0.5) is 17.5 Å². The Labute approximate surface area is 139 Å². The molecule has 4 heterocycles. The van der Waals surface area contributed by atoms with E-state index in [0.717, 1.165) is 54.7 Å². The predicted octanol–water partition coefficient (Wildman–Crippen LogP) is 0.535. The molecule has 3 aromatic rings. The molecule has 0 spiro atoms. The van der Waals surface area contributed by atoms with Crippen molar-refractivity contribution in [2.24, 2.45) is 0 Å². The summed E-state index contributed by atoms with van der Waals surface area (Å²) in [5.74, 6) is 2.71. The summed E-state index contributed by atoms with van der Waals surface area (Å²) in [6, 6.07) is 4.02. The standard InChI is InChI=1S/C15H19N9/c1-22(2)12-3-4-13(20-19-12)23-5-7-24(8-6-23)15-11-9-18-21-14(11)16-10-17-15/h3-4,9-10H,5-8H2,1-2H3,(H,16,17,18,21). The molecule has 0 amide bonds. The molecule has 24 heavy (non-hydrogen) atoms. The van der Waals surface area contributed by atoms with Crippen LogP contribution in [0.1, 0.15) is 0 Å². The molecule has 1 aliphatic heterocycles. The highest BCUT2D eigenvalue weighted by Crippen LogP contribution is 2.23. The zero-order chi connectivity index (χ0) is 16.5. The van der Waals surface area contributed by atoms with Crippen LogP contribution in [0.2, 0.25) is 0 Å². The highest BCUT2D eigenvalue weighted by atomic mass is 15.3. The zero-order valence-electron chi connectivity index (χ0n) is 13.7. The Bertz CT molecular complexity index is 818. The van der Waals surface area contributed by atoms with Gasteiger partial charge in [0.2, 0.25) is 0 Å². The van der Waals surface area contributed by atoms with Crippen LogP contribution in [0.15, 0.2) is 24.7 Å². The summed E-state index contributed by atoms with van der Waals surface area (Å²) in [6.45, 7) is 3.49. The van der Waals surface area contributed by atoms with Gasteiger partial charge in [0, 0.05) is 40.3 Å². The first kappa shape index (κ1) is 14.6. The Morgan fingerprint density at radius 1 is 1.00 bits per heavy atom. The van der Waals surface area contributed by atoms with Crippen LogP contribution in [0.3, 0.4) is 0 Å². The topological polar surface area (TPSA) is 90.0 Å². The van der Waals surface area contributed by atoms with Gasteiger partial charge in [-0.1, -0.05) is 0 Å². The molecule has 1 fully saturated rings. The molecule has 124 valence electrons. The van der Waals surface area contributed by atoms with Gasteiger partial charge in [-0.15, -0.1) is 10.2 Å². The van der Waals surface area contributed by atoms with Gasteiger partial charge >= 0.3 is 0 Å². The van der Waals surface area contributed by atoms with Gasteiger partial charge in [-0.05, 0) is 12.1 Å². The predicted molar refractivity (Wildman–Crippen MR) is 92.5 cm³/mol. The van der Waals surface area contributed by atoms with Crippen molar-refractivity contribution in [3.8, 4) is 0 Å². The van der Waals surface area contributed by atoms with Crippen molar-refractivity contribution in [3.05, 3.63) is 24.7 Å². The quantitative estimate of drug-likeness (QED) is 0.746. The molecule has 4 rings (SSSR count). The maximum absolute atomic E-state index is 4.43. The fourth-order valence-electron chi connectivity index (χ4n) is 2.88. The van der Waals surface area contributed by atoms with E-state index in [1.54, 1.807) is 12.5 Å². The van der Waals surface area contributed by atoms with E-state index in [1.807, 2.05) is 31.1 Å². The SMILES string of the molecule is CN(C)c1ccc(N2CCN(c3ncnc4[nH]ncc34)CC2)nn1. The lowest BCUT2D eigenvalue weighted by atomic mass is 10.2. The van der Waals surface area contributed by atoms with Gasteiger partial charge in [-0.2, -0.15) is 5.10 Å². The van der Waals surface area contributed by atoms with Gasteiger partial charge in [0.15, 0.2) is 17.3 Å².